The van der Waals surface area contributed by atoms with Gasteiger partial charge in [-0.25, -0.2) is 0 Å². The standard InChI is InChI=1S/C27H26ClNO7/c1-33-20-9-12-8-18(29-23(12)26(35-3)25(20)34-2)24(31)17-7-13(11-28)21-14-5-6-15(27(32)36-4)22(14)19(30)10-16(17)21/h5-6,8-10,13,15,17,29-30H,7,11H2,1-4H3/t13-,15?,17?/m0/s1. The Morgan fingerprint density at radius 3 is 2.44 bits per heavy atom. The number of aromatic hydroxyl groups is 1. The number of H-pyrrole nitrogens is 1. The minimum Gasteiger partial charge on any atom is -0.508 e. The van der Waals surface area contributed by atoms with Crippen LogP contribution in [0.25, 0.3) is 17.0 Å². The molecule has 0 saturated carbocycles. The molecule has 2 aromatic carbocycles. The van der Waals surface area contributed by atoms with Crippen molar-refractivity contribution < 1.29 is 33.6 Å². The number of ether oxygens (including phenoxy) is 4. The van der Waals surface area contributed by atoms with E-state index in [9.17, 15) is 14.7 Å². The minimum absolute atomic E-state index is 0.0371. The number of halogens is 1. The highest BCUT2D eigenvalue weighted by Crippen LogP contribution is 2.52. The number of Topliss-reactive ketones (excluding diaryl/α,β-unsaturated/α-hetero) is 1. The second-order valence-electron chi connectivity index (χ2n) is 8.88. The summed E-state index contributed by atoms with van der Waals surface area (Å²) in [4.78, 5) is 29.3. The predicted molar refractivity (Wildman–Crippen MR) is 135 cm³/mol. The Labute approximate surface area is 212 Å². The number of rotatable bonds is 7. The van der Waals surface area contributed by atoms with Gasteiger partial charge in [0.05, 0.1) is 39.6 Å². The summed E-state index contributed by atoms with van der Waals surface area (Å²) in [6.07, 6.45) is 4.01. The van der Waals surface area contributed by atoms with Crippen molar-refractivity contribution in [3.8, 4) is 23.0 Å². The zero-order chi connectivity index (χ0) is 25.7. The maximum Gasteiger partial charge on any atom is 0.317 e. The van der Waals surface area contributed by atoms with Crippen LogP contribution in [0.15, 0.2) is 24.3 Å². The summed E-state index contributed by atoms with van der Waals surface area (Å²) in [7, 11) is 5.89. The number of esters is 1. The fourth-order valence-electron chi connectivity index (χ4n) is 5.59. The van der Waals surface area contributed by atoms with Gasteiger partial charge in [0, 0.05) is 22.7 Å². The van der Waals surface area contributed by atoms with Crippen LogP contribution in [-0.2, 0) is 9.53 Å². The summed E-state index contributed by atoms with van der Waals surface area (Å²) >= 11 is 6.35. The lowest BCUT2D eigenvalue weighted by Crippen LogP contribution is -2.13. The number of alkyl halides is 1. The van der Waals surface area contributed by atoms with Gasteiger partial charge in [-0.15, -0.1) is 11.6 Å². The largest absolute Gasteiger partial charge is 0.508 e. The normalized spacial score (nSPS) is 19.8. The number of benzene rings is 2. The van der Waals surface area contributed by atoms with Crippen molar-refractivity contribution in [2.45, 2.75) is 24.2 Å². The molecule has 2 aliphatic rings. The summed E-state index contributed by atoms with van der Waals surface area (Å²) in [5, 5.41) is 11.6. The van der Waals surface area contributed by atoms with Crippen LogP contribution in [0.1, 0.15) is 56.9 Å². The lowest BCUT2D eigenvalue weighted by molar-refractivity contribution is -0.141. The Kier molecular flexibility index (Phi) is 6.08. The van der Waals surface area contributed by atoms with E-state index < -0.39 is 17.8 Å². The van der Waals surface area contributed by atoms with Gasteiger partial charge in [0.1, 0.15) is 11.7 Å². The van der Waals surface area contributed by atoms with Crippen molar-refractivity contribution in [2.24, 2.45) is 0 Å². The first-order valence-corrected chi connectivity index (χ1v) is 12.0. The van der Waals surface area contributed by atoms with Crippen LogP contribution < -0.4 is 14.2 Å². The van der Waals surface area contributed by atoms with Gasteiger partial charge in [0.25, 0.3) is 0 Å². The predicted octanol–water partition coefficient (Wildman–Crippen LogP) is 4.88. The first kappa shape index (κ1) is 24.1. The molecule has 0 saturated heterocycles. The molecule has 1 heterocycles. The molecule has 0 bridgehead atoms. The van der Waals surface area contributed by atoms with E-state index in [0.29, 0.717) is 46.3 Å². The summed E-state index contributed by atoms with van der Waals surface area (Å²) in [5.41, 5.74) is 3.88. The molecule has 0 aliphatic heterocycles. The Morgan fingerprint density at radius 1 is 1.06 bits per heavy atom. The number of ketones is 1. The summed E-state index contributed by atoms with van der Waals surface area (Å²) in [6, 6.07) is 5.14. The van der Waals surface area contributed by atoms with Crippen LogP contribution in [0.3, 0.4) is 0 Å². The number of fused-ring (bicyclic) bond motifs is 4. The molecule has 0 radical (unpaired) electrons. The molecule has 8 nitrogen and oxygen atoms in total. The van der Waals surface area contributed by atoms with Crippen LogP contribution in [0.4, 0.5) is 0 Å². The van der Waals surface area contributed by atoms with E-state index in [1.165, 1.54) is 28.4 Å². The van der Waals surface area contributed by atoms with E-state index in [-0.39, 0.29) is 17.5 Å². The zero-order valence-corrected chi connectivity index (χ0v) is 21.1. The van der Waals surface area contributed by atoms with Crippen LogP contribution >= 0.6 is 11.6 Å². The van der Waals surface area contributed by atoms with Gasteiger partial charge < -0.3 is 29.0 Å². The number of carbonyl (C=O) groups excluding carboxylic acids is 2. The Hall–Kier alpha value is -3.65. The molecule has 188 valence electrons. The molecule has 2 unspecified atom stereocenters. The van der Waals surface area contributed by atoms with Gasteiger partial charge in [-0.2, -0.15) is 0 Å². The fourth-order valence-corrected chi connectivity index (χ4v) is 5.87. The highest BCUT2D eigenvalue weighted by molar-refractivity contribution is 6.18. The monoisotopic (exact) mass is 511 g/mol. The molecular formula is C27H26ClNO7. The quantitative estimate of drug-likeness (QED) is 0.264. The van der Waals surface area contributed by atoms with Crippen molar-refractivity contribution in [1.82, 2.24) is 4.98 Å². The number of hydrogen-bond donors (Lipinski definition) is 2. The second-order valence-corrected chi connectivity index (χ2v) is 9.19. The first-order chi connectivity index (χ1) is 17.4. The third-order valence-corrected chi connectivity index (χ3v) is 7.55. The van der Waals surface area contributed by atoms with E-state index in [2.05, 4.69) is 4.98 Å². The van der Waals surface area contributed by atoms with Gasteiger partial charge in [-0.1, -0.05) is 12.2 Å². The highest BCUT2D eigenvalue weighted by atomic mass is 35.5. The molecule has 0 spiro atoms. The first-order valence-electron chi connectivity index (χ1n) is 11.5. The lowest BCUT2D eigenvalue weighted by atomic mass is 9.89. The second kappa shape index (κ2) is 9.09. The Bertz CT molecular complexity index is 1420. The third kappa shape index (κ3) is 3.43. The molecule has 3 atom stereocenters. The maximum absolute atomic E-state index is 13.8. The molecule has 2 N–H and O–H groups in total. The van der Waals surface area contributed by atoms with Gasteiger partial charge in [-0.3, -0.25) is 9.59 Å². The number of phenolic OH excluding ortho intramolecular Hbond substituents is 1. The molecule has 9 heteroatoms. The molecular weight excluding hydrogens is 486 g/mol. The van der Waals surface area contributed by atoms with E-state index in [1.54, 1.807) is 24.3 Å². The number of phenols is 1. The summed E-state index contributed by atoms with van der Waals surface area (Å²) < 4.78 is 21.4. The lowest BCUT2D eigenvalue weighted by Gasteiger charge is -2.17. The van der Waals surface area contributed by atoms with Crippen LogP contribution in [0.2, 0.25) is 0 Å². The number of methoxy groups -OCH3 is 4. The molecule has 36 heavy (non-hydrogen) atoms. The smallest absolute Gasteiger partial charge is 0.317 e. The van der Waals surface area contributed by atoms with E-state index in [1.807, 2.05) is 6.08 Å². The van der Waals surface area contributed by atoms with Crippen LogP contribution in [0, 0.1) is 0 Å². The Balaban J connectivity index is 1.60. The molecule has 0 fully saturated rings. The number of aromatic nitrogens is 1. The van der Waals surface area contributed by atoms with Crippen molar-refractivity contribution in [2.75, 3.05) is 34.3 Å². The molecule has 2 aliphatic carbocycles. The molecule has 3 aromatic rings. The maximum atomic E-state index is 13.8. The average Bonchev–Trinajstić information content (AvgIpc) is 3.61. The van der Waals surface area contributed by atoms with Crippen molar-refractivity contribution in [3.05, 3.63) is 52.2 Å². The van der Waals surface area contributed by atoms with Gasteiger partial charge >= 0.3 is 5.97 Å². The molecule has 1 aromatic heterocycles. The van der Waals surface area contributed by atoms with Crippen LogP contribution in [-0.4, -0.2) is 56.2 Å². The van der Waals surface area contributed by atoms with Crippen molar-refractivity contribution >= 4 is 40.3 Å². The zero-order valence-electron chi connectivity index (χ0n) is 20.3. The SMILES string of the molecule is COC(=O)C1C=Cc2c1c(O)cc1c2[C@H](CCl)CC1C(=O)c1cc2cc(OC)c(OC)c(OC)c2[nH]1. The Morgan fingerprint density at radius 2 is 1.81 bits per heavy atom. The van der Waals surface area contributed by atoms with Crippen molar-refractivity contribution in [1.29, 1.82) is 0 Å². The average molecular weight is 512 g/mol. The third-order valence-electron chi connectivity index (χ3n) is 7.17. The topological polar surface area (TPSA) is 107 Å². The van der Waals surface area contributed by atoms with Gasteiger partial charge in [-0.05, 0) is 47.2 Å². The van der Waals surface area contributed by atoms with Crippen molar-refractivity contribution in [3.63, 3.8) is 0 Å². The summed E-state index contributed by atoms with van der Waals surface area (Å²) in [6.45, 7) is 0. The highest BCUT2D eigenvalue weighted by Gasteiger charge is 2.41. The molecule has 0 amide bonds. The number of aromatic amines is 1. The number of hydrogen-bond acceptors (Lipinski definition) is 7. The van der Waals surface area contributed by atoms with E-state index >= 15 is 0 Å². The molecule has 5 rings (SSSR count). The minimum atomic E-state index is -0.688. The van der Waals surface area contributed by atoms with Gasteiger partial charge in [0.15, 0.2) is 17.3 Å². The van der Waals surface area contributed by atoms with E-state index in [4.69, 9.17) is 30.5 Å². The fraction of sp³-hybridized carbons (Fsp3) is 0.333. The number of carbonyl (C=O) groups is 2. The summed E-state index contributed by atoms with van der Waals surface area (Å²) in [5.74, 6) is -0.284. The van der Waals surface area contributed by atoms with E-state index in [0.717, 1.165) is 22.1 Å². The van der Waals surface area contributed by atoms with Crippen LogP contribution in [0.5, 0.6) is 23.0 Å². The van der Waals surface area contributed by atoms with Gasteiger partial charge in [0.2, 0.25) is 5.75 Å². The number of nitrogens with one attached hydrogen (secondary N) is 1.